The third kappa shape index (κ3) is 3.95. The largest absolute Gasteiger partial charge is 0.497 e. The molecular weight excluding hydrogens is 476 g/mol. The Balaban J connectivity index is 1.25. The highest BCUT2D eigenvalue weighted by atomic mass is 32.2. The SMILES string of the molecule is COc1ccc(N2CCN(S(=O)(=O)c3ccc(CN4C(=O)c5cccnc5C4=O)s3)CC2)cc1. The van der Waals surface area contributed by atoms with Gasteiger partial charge in [-0.05, 0) is 48.5 Å². The van der Waals surface area contributed by atoms with Gasteiger partial charge in [0.05, 0.1) is 19.2 Å². The maximum atomic E-state index is 13.2. The molecule has 34 heavy (non-hydrogen) atoms. The lowest BCUT2D eigenvalue weighted by molar-refractivity contribution is 0.0642. The monoisotopic (exact) mass is 498 g/mol. The lowest BCUT2D eigenvalue weighted by atomic mass is 10.2. The van der Waals surface area contributed by atoms with Crippen molar-refractivity contribution < 1.29 is 22.7 Å². The molecule has 2 aromatic heterocycles. The molecule has 1 fully saturated rings. The van der Waals surface area contributed by atoms with Gasteiger partial charge in [-0.1, -0.05) is 0 Å². The van der Waals surface area contributed by atoms with E-state index >= 15 is 0 Å². The number of carbonyl (C=O) groups is 2. The fourth-order valence-electron chi connectivity index (χ4n) is 4.10. The number of nitrogens with zero attached hydrogens (tertiary/aromatic N) is 4. The van der Waals surface area contributed by atoms with E-state index in [9.17, 15) is 18.0 Å². The van der Waals surface area contributed by atoms with Crippen LogP contribution in [0.5, 0.6) is 5.75 Å². The molecule has 4 heterocycles. The molecule has 0 saturated carbocycles. The number of methoxy groups -OCH3 is 1. The second-order valence-electron chi connectivity index (χ2n) is 7.91. The average molecular weight is 499 g/mol. The number of imide groups is 1. The normalized spacial score (nSPS) is 16.7. The highest BCUT2D eigenvalue weighted by molar-refractivity contribution is 7.91. The van der Waals surface area contributed by atoms with E-state index in [1.807, 2.05) is 24.3 Å². The van der Waals surface area contributed by atoms with Crippen LogP contribution < -0.4 is 9.64 Å². The first-order valence-electron chi connectivity index (χ1n) is 10.7. The predicted octanol–water partition coefficient (Wildman–Crippen LogP) is 2.46. The van der Waals surface area contributed by atoms with E-state index in [2.05, 4.69) is 9.88 Å². The Kier molecular flexibility index (Phi) is 5.84. The standard InChI is InChI=1S/C23H22N4O5S2/c1-32-17-6-4-16(5-7-17)25-11-13-26(14-12-25)34(30,31)20-9-8-18(33-20)15-27-22(28)19-3-2-10-24-21(19)23(27)29/h2-10H,11-15H2,1H3. The molecule has 0 N–H and O–H groups in total. The van der Waals surface area contributed by atoms with E-state index in [1.165, 1.54) is 10.5 Å². The zero-order valence-corrected chi connectivity index (χ0v) is 20.0. The summed E-state index contributed by atoms with van der Waals surface area (Å²) < 4.78 is 33.3. The van der Waals surface area contributed by atoms with Crippen molar-refractivity contribution in [1.29, 1.82) is 0 Å². The summed E-state index contributed by atoms with van der Waals surface area (Å²) >= 11 is 1.08. The van der Waals surface area contributed by atoms with Gasteiger partial charge >= 0.3 is 0 Å². The maximum Gasteiger partial charge on any atom is 0.280 e. The van der Waals surface area contributed by atoms with Gasteiger partial charge in [-0.2, -0.15) is 4.31 Å². The molecule has 0 radical (unpaired) electrons. The average Bonchev–Trinajstić information content (AvgIpc) is 3.44. The molecule has 11 heteroatoms. The molecule has 1 aromatic carbocycles. The zero-order valence-electron chi connectivity index (χ0n) is 18.4. The van der Waals surface area contributed by atoms with E-state index in [0.29, 0.717) is 31.1 Å². The second kappa shape index (κ2) is 8.82. The highest BCUT2D eigenvalue weighted by Gasteiger charge is 2.37. The van der Waals surface area contributed by atoms with Crippen LogP contribution in [0.3, 0.4) is 0 Å². The predicted molar refractivity (Wildman–Crippen MR) is 127 cm³/mol. The minimum atomic E-state index is -3.67. The number of hydrogen-bond acceptors (Lipinski definition) is 8. The number of carbonyl (C=O) groups excluding carboxylic acids is 2. The number of aromatic nitrogens is 1. The van der Waals surface area contributed by atoms with Crippen molar-refractivity contribution in [1.82, 2.24) is 14.2 Å². The van der Waals surface area contributed by atoms with Crippen LogP contribution in [0.15, 0.2) is 58.9 Å². The summed E-state index contributed by atoms with van der Waals surface area (Å²) in [6.45, 7) is 1.90. The second-order valence-corrected chi connectivity index (χ2v) is 11.2. The van der Waals surface area contributed by atoms with E-state index < -0.39 is 21.8 Å². The fraction of sp³-hybridized carbons (Fsp3) is 0.261. The number of amides is 2. The van der Waals surface area contributed by atoms with Gasteiger partial charge in [0, 0.05) is 42.9 Å². The van der Waals surface area contributed by atoms with Crippen molar-refractivity contribution in [3.63, 3.8) is 0 Å². The van der Waals surface area contributed by atoms with Crippen LogP contribution in [-0.2, 0) is 16.6 Å². The summed E-state index contributed by atoms with van der Waals surface area (Å²) in [5, 5.41) is 0. The number of fused-ring (bicyclic) bond motifs is 1. The lowest BCUT2D eigenvalue weighted by Crippen LogP contribution is -2.48. The first-order chi connectivity index (χ1) is 16.4. The van der Waals surface area contributed by atoms with Gasteiger partial charge in [-0.25, -0.2) is 8.42 Å². The van der Waals surface area contributed by atoms with Crippen molar-refractivity contribution in [2.24, 2.45) is 0 Å². The molecule has 0 aliphatic carbocycles. The van der Waals surface area contributed by atoms with Crippen LogP contribution in [-0.4, -0.2) is 67.7 Å². The van der Waals surface area contributed by atoms with Crippen LogP contribution in [0.25, 0.3) is 0 Å². The molecule has 3 aromatic rings. The van der Waals surface area contributed by atoms with Gasteiger partial charge in [0.1, 0.15) is 15.7 Å². The van der Waals surface area contributed by atoms with Gasteiger partial charge < -0.3 is 9.64 Å². The summed E-state index contributed by atoms with van der Waals surface area (Å²) in [7, 11) is -2.05. The number of pyridine rings is 1. The summed E-state index contributed by atoms with van der Waals surface area (Å²) in [6.07, 6.45) is 1.47. The van der Waals surface area contributed by atoms with Crippen LogP contribution in [0, 0.1) is 0 Å². The van der Waals surface area contributed by atoms with Crippen LogP contribution in [0.1, 0.15) is 25.7 Å². The Bertz CT molecular complexity index is 1310. The Morgan fingerprint density at radius 2 is 1.71 bits per heavy atom. The van der Waals surface area contributed by atoms with Crippen molar-refractivity contribution in [2.45, 2.75) is 10.8 Å². The van der Waals surface area contributed by atoms with E-state index in [0.717, 1.165) is 27.7 Å². The molecule has 5 rings (SSSR count). The zero-order chi connectivity index (χ0) is 23.9. The summed E-state index contributed by atoms with van der Waals surface area (Å²) in [4.78, 5) is 33.0. The highest BCUT2D eigenvalue weighted by Crippen LogP contribution is 2.30. The molecule has 0 spiro atoms. The van der Waals surface area contributed by atoms with E-state index in [4.69, 9.17) is 4.74 Å². The minimum absolute atomic E-state index is 0.0134. The van der Waals surface area contributed by atoms with Crippen molar-refractivity contribution in [3.05, 3.63) is 70.9 Å². The molecular formula is C23H22N4O5S2. The molecule has 0 atom stereocenters. The quantitative estimate of drug-likeness (QED) is 0.481. The first-order valence-corrected chi connectivity index (χ1v) is 12.9. The van der Waals surface area contributed by atoms with Crippen molar-refractivity contribution in [3.8, 4) is 5.75 Å². The Labute approximate surface area is 201 Å². The van der Waals surface area contributed by atoms with Gasteiger partial charge in [0.15, 0.2) is 0 Å². The number of benzene rings is 1. The number of anilines is 1. The molecule has 1 saturated heterocycles. The summed E-state index contributed by atoms with van der Waals surface area (Å²) in [5.74, 6) is -0.107. The molecule has 9 nitrogen and oxygen atoms in total. The number of piperazine rings is 1. The number of hydrogen-bond donors (Lipinski definition) is 0. The van der Waals surface area contributed by atoms with Gasteiger partial charge in [-0.15, -0.1) is 11.3 Å². The smallest absolute Gasteiger partial charge is 0.280 e. The topological polar surface area (TPSA) is 100 Å². The van der Waals surface area contributed by atoms with Crippen LogP contribution in [0.4, 0.5) is 5.69 Å². The third-order valence-corrected chi connectivity index (χ3v) is 9.39. The van der Waals surface area contributed by atoms with Crippen molar-refractivity contribution in [2.75, 3.05) is 38.2 Å². The number of rotatable bonds is 6. The fourth-order valence-corrected chi connectivity index (χ4v) is 7.02. The van der Waals surface area contributed by atoms with Gasteiger partial charge in [-0.3, -0.25) is 19.5 Å². The first kappa shape index (κ1) is 22.5. The number of ether oxygens (including phenoxy) is 1. The van der Waals surface area contributed by atoms with Crippen LogP contribution >= 0.6 is 11.3 Å². The van der Waals surface area contributed by atoms with Gasteiger partial charge in [0.25, 0.3) is 21.8 Å². The number of thiophene rings is 1. The maximum absolute atomic E-state index is 13.2. The summed E-state index contributed by atoms with van der Waals surface area (Å²) in [6, 6.07) is 14.1. The molecule has 2 aliphatic rings. The van der Waals surface area contributed by atoms with Crippen LogP contribution in [0.2, 0.25) is 0 Å². The van der Waals surface area contributed by atoms with E-state index in [-0.39, 0.29) is 22.0 Å². The Morgan fingerprint density at radius 1 is 0.971 bits per heavy atom. The molecule has 0 bridgehead atoms. The Hall–Kier alpha value is -3.28. The molecule has 0 unspecified atom stereocenters. The molecule has 2 amide bonds. The lowest BCUT2D eigenvalue weighted by Gasteiger charge is -2.35. The molecule has 2 aliphatic heterocycles. The van der Waals surface area contributed by atoms with Gasteiger partial charge in [0.2, 0.25) is 0 Å². The summed E-state index contributed by atoms with van der Waals surface area (Å²) in [5.41, 5.74) is 1.42. The van der Waals surface area contributed by atoms with Crippen molar-refractivity contribution >= 4 is 38.9 Å². The van der Waals surface area contributed by atoms with E-state index in [1.54, 1.807) is 31.4 Å². The number of sulfonamides is 1. The molecule has 176 valence electrons. The third-order valence-electron chi connectivity index (χ3n) is 5.95. The minimum Gasteiger partial charge on any atom is -0.497 e. The Morgan fingerprint density at radius 3 is 2.38 bits per heavy atom.